The van der Waals surface area contributed by atoms with Crippen LogP contribution in [0.15, 0.2) is 0 Å². The van der Waals surface area contributed by atoms with Gasteiger partial charge in [0.2, 0.25) is 0 Å². The van der Waals surface area contributed by atoms with Crippen LogP contribution < -0.4 is 5.73 Å². The van der Waals surface area contributed by atoms with Gasteiger partial charge in [0.05, 0.1) is 0 Å². The molecule has 8 heavy (non-hydrogen) atoms. The van der Waals surface area contributed by atoms with Crippen LogP contribution in [0.1, 0.15) is 12.8 Å². The molecule has 0 bridgehead atoms. The molecule has 0 heterocycles. The fourth-order valence-corrected chi connectivity index (χ4v) is 0.253. The van der Waals surface area contributed by atoms with Gasteiger partial charge in [-0.25, -0.2) is 0 Å². The quantitative estimate of drug-likeness (QED) is 0.604. The van der Waals surface area contributed by atoms with E-state index in [1.54, 1.807) is 0 Å². The second-order valence-corrected chi connectivity index (χ2v) is 1.29. The summed E-state index contributed by atoms with van der Waals surface area (Å²) in [6.07, 6.45) is 0.770. The molecule has 1 radical (unpaired) electrons. The molecular weight excluding hydrogens is 153 g/mol. The topological polar surface area (TPSA) is 63.3 Å². The summed E-state index contributed by atoms with van der Waals surface area (Å²) in [4.78, 5) is 9.70. The van der Waals surface area contributed by atoms with E-state index in [1.165, 1.54) is 0 Å². The molecule has 0 aromatic carbocycles. The van der Waals surface area contributed by atoms with E-state index in [0.29, 0.717) is 13.0 Å². The number of hydrogen-bond donors (Lipinski definition) is 2. The largest absolute Gasteiger partial charge is 0.481 e. The van der Waals surface area contributed by atoms with Gasteiger partial charge in [-0.05, 0) is 13.0 Å². The van der Waals surface area contributed by atoms with Gasteiger partial charge in [-0.1, -0.05) is 0 Å². The number of carboxylic acids is 1. The Bertz CT molecular complexity index is 67.1. The first-order valence-electron chi connectivity index (χ1n) is 2.19. The third-order valence-corrected chi connectivity index (χ3v) is 0.595. The maximum absolute atomic E-state index is 9.70. The molecule has 0 aliphatic carbocycles. The first-order valence-corrected chi connectivity index (χ1v) is 2.19. The summed E-state index contributed by atoms with van der Waals surface area (Å²) in [5.74, 6) is -0.773. The van der Waals surface area contributed by atoms with Crippen LogP contribution in [0.3, 0.4) is 0 Å². The third-order valence-electron chi connectivity index (χ3n) is 0.595. The Kier molecular flexibility index (Phi) is 9.40. The summed E-state index contributed by atoms with van der Waals surface area (Å²) in [6.45, 7) is 0.465. The van der Waals surface area contributed by atoms with Crippen molar-refractivity contribution in [2.45, 2.75) is 12.8 Å². The molecule has 4 heteroatoms. The van der Waals surface area contributed by atoms with Crippen LogP contribution in [-0.2, 0) is 21.6 Å². The van der Waals surface area contributed by atoms with Gasteiger partial charge in [-0.15, -0.1) is 0 Å². The molecule has 0 saturated carbocycles. The van der Waals surface area contributed by atoms with Gasteiger partial charge in [0.25, 0.3) is 0 Å². The number of hydrogen-bond acceptors (Lipinski definition) is 2. The van der Waals surface area contributed by atoms with Crippen molar-refractivity contribution in [2.24, 2.45) is 5.73 Å². The van der Waals surface area contributed by atoms with E-state index in [4.69, 9.17) is 10.8 Å². The summed E-state index contributed by atoms with van der Waals surface area (Å²) in [5.41, 5.74) is 5.01. The van der Waals surface area contributed by atoms with Gasteiger partial charge in [-0.3, -0.25) is 4.79 Å². The zero-order valence-electron chi connectivity index (χ0n) is 4.39. The second-order valence-electron chi connectivity index (χ2n) is 1.29. The summed E-state index contributed by atoms with van der Waals surface area (Å²) in [6, 6.07) is 0. The van der Waals surface area contributed by atoms with E-state index in [2.05, 4.69) is 0 Å². The first-order chi connectivity index (χ1) is 3.27. The Morgan fingerprint density at radius 2 is 2.12 bits per heavy atom. The van der Waals surface area contributed by atoms with E-state index in [9.17, 15) is 4.79 Å². The monoisotopic (exact) mass is 162 g/mol. The molecule has 0 aromatic heterocycles. The van der Waals surface area contributed by atoms with E-state index < -0.39 is 5.97 Å². The Morgan fingerprint density at radius 3 is 2.25 bits per heavy atom. The Labute approximate surface area is 58.4 Å². The van der Waals surface area contributed by atoms with Gasteiger partial charge >= 0.3 is 5.97 Å². The average Bonchev–Trinajstić information content (AvgIpc) is 1.61. The minimum Gasteiger partial charge on any atom is -0.481 e. The van der Waals surface area contributed by atoms with Crippen molar-refractivity contribution in [1.82, 2.24) is 0 Å². The molecule has 51 valence electrons. The fraction of sp³-hybridized carbons (Fsp3) is 0.750. The van der Waals surface area contributed by atoms with Gasteiger partial charge in [-0.2, -0.15) is 0 Å². The summed E-state index contributed by atoms with van der Waals surface area (Å²) < 4.78 is 0. The molecule has 3 nitrogen and oxygen atoms in total. The molecule has 0 unspecified atom stereocenters. The summed E-state index contributed by atoms with van der Waals surface area (Å²) >= 11 is 0. The number of aliphatic carboxylic acids is 1. The van der Waals surface area contributed by atoms with E-state index in [-0.39, 0.29) is 23.2 Å². The first kappa shape index (κ1) is 10.8. The molecule has 0 aliphatic rings. The second kappa shape index (κ2) is 6.94. The molecule has 0 rings (SSSR count). The van der Waals surface area contributed by atoms with Crippen molar-refractivity contribution in [1.29, 1.82) is 0 Å². The molecular formula is C4H9CoNO2. The Hall–Kier alpha value is -0.0635. The predicted molar refractivity (Wildman–Crippen MR) is 25.9 cm³/mol. The minimum absolute atomic E-state index is 0. The summed E-state index contributed by atoms with van der Waals surface area (Å²) in [5, 5.41) is 7.99. The van der Waals surface area contributed by atoms with Crippen molar-refractivity contribution in [3.63, 3.8) is 0 Å². The predicted octanol–water partition coefficient (Wildman–Crippen LogP) is -0.193. The van der Waals surface area contributed by atoms with Gasteiger partial charge in [0, 0.05) is 23.2 Å². The number of carbonyl (C=O) groups is 1. The molecule has 0 fully saturated rings. The van der Waals surface area contributed by atoms with Gasteiger partial charge in [0.15, 0.2) is 0 Å². The number of rotatable bonds is 3. The van der Waals surface area contributed by atoms with Crippen LogP contribution in [0.4, 0.5) is 0 Å². The van der Waals surface area contributed by atoms with Crippen LogP contribution in [0.5, 0.6) is 0 Å². The van der Waals surface area contributed by atoms with Crippen molar-refractivity contribution < 1.29 is 26.7 Å². The smallest absolute Gasteiger partial charge is 0.303 e. The van der Waals surface area contributed by atoms with Crippen LogP contribution in [0.25, 0.3) is 0 Å². The van der Waals surface area contributed by atoms with Crippen molar-refractivity contribution >= 4 is 5.97 Å². The van der Waals surface area contributed by atoms with Crippen molar-refractivity contribution in [3.05, 3.63) is 0 Å². The molecule has 0 aliphatic heterocycles. The van der Waals surface area contributed by atoms with Gasteiger partial charge in [0.1, 0.15) is 0 Å². The van der Waals surface area contributed by atoms with Crippen LogP contribution in [-0.4, -0.2) is 17.6 Å². The molecule has 0 aromatic rings. The van der Waals surface area contributed by atoms with Crippen molar-refractivity contribution in [2.75, 3.05) is 6.54 Å². The van der Waals surface area contributed by atoms with Gasteiger partial charge < -0.3 is 10.8 Å². The standard InChI is InChI=1S/C4H9NO2.Co/c5-3-1-2-4(6)7;/h1-3,5H2,(H,6,7);. The number of carboxylic acid groups (broad SMARTS) is 1. The van der Waals surface area contributed by atoms with E-state index in [0.717, 1.165) is 0 Å². The molecule has 3 N–H and O–H groups in total. The molecule has 0 amide bonds. The maximum Gasteiger partial charge on any atom is 0.303 e. The van der Waals surface area contributed by atoms with Crippen LogP contribution in [0, 0.1) is 0 Å². The SMILES string of the molecule is NCCCC(=O)O.[Co]. The Morgan fingerprint density at radius 1 is 1.62 bits per heavy atom. The average molecular weight is 162 g/mol. The maximum atomic E-state index is 9.70. The third kappa shape index (κ3) is 9.34. The van der Waals surface area contributed by atoms with Crippen molar-refractivity contribution in [3.8, 4) is 0 Å². The molecule has 0 atom stereocenters. The van der Waals surface area contributed by atoms with E-state index >= 15 is 0 Å². The zero-order chi connectivity index (χ0) is 5.70. The number of nitrogens with two attached hydrogens (primary N) is 1. The fourth-order valence-electron chi connectivity index (χ4n) is 0.253. The van der Waals surface area contributed by atoms with Crippen LogP contribution >= 0.6 is 0 Å². The minimum atomic E-state index is -0.773. The molecule has 0 spiro atoms. The van der Waals surface area contributed by atoms with Crippen LogP contribution in [0.2, 0.25) is 0 Å². The van der Waals surface area contributed by atoms with E-state index in [1.807, 2.05) is 0 Å². The Balaban J connectivity index is 0. The zero-order valence-corrected chi connectivity index (χ0v) is 5.43. The normalized spacial score (nSPS) is 7.62. The molecule has 0 saturated heterocycles. The summed E-state index contributed by atoms with van der Waals surface area (Å²) in [7, 11) is 0.